The van der Waals surface area contributed by atoms with Gasteiger partial charge in [-0.15, -0.1) is 0 Å². The van der Waals surface area contributed by atoms with Crippen LogP contribution in [0.4, 0.5) is 0 Å². The Bertz CT molecular complexity index is 914. The van der Waals surface area contributed by atoms with Crippen molar-refractivity contribution in [1.29, 1.82) is 0 Å². The first-order valence-electron chi connectivity index (χ1n) is 8.00. The summed E-state index contributed by atoms with van der Waals surface area (Å²) in [5.41, 5.74) is 1.64. The Labute approximate surface area is 151 Å². The van der Waals surface area contributed by atoms with Gasteiger partial charge >= 0.3 is 5.97 Å². The standard InChI is InChI=1S/C16H19N5O4S/c1-20(2)26(24,25)21-5-3-4-15(21)14-10-18-13(9-19-14)11-6-12(16(22)23)8-17-7-11/h6-10,15H,3-5H2,1-2H3,(H,22,23)/t15-/m0/s1. The second-order valence-electron chi connectivity index (χ2n) is 6.15. The number of hydrogen-bond donors (Lipinski definition) is 1. The van der Waals surface area contributed by atoms with Crippen molar-refractivity contribution in [3.63, 3.8) is 0 Å². The molecule has 1 fully saturated rings. The van der Waals surface area contributed by atoms with Crippen molar-refractivity contribution in [3.05, 3.63) is 42.1 Å². The van der Waals surface area contributed by atoms with Gasteiger partial charge in [-0.1, -0.05) is 0 Å². The lowest BCUT2D eigenvalue weighted by atomic mass is 10.1. The molecule has 1 aliphatic heterocycles. The van der Waals surface area contributed by atoms with Gasteiger partial charge in [-0.2, -0.15) is 17.0 Å². The second kappa shape index (κ2) is 7.06. The van der Waals surface area contributed by atoms with E-state index in [0.29, 0.717) is 29.9 Å². The van der Waals surface area contributed by atoms with Crippen LogP contribution in [0.3, 0.4) is 0 Å². The van der Waals surface area contributed by atoms with Gasteiger partial charge in [0.05, 0.1) is 35.4 Å². The minimum Gasteiger partial charge on any atom is -0.478 e. The topological polar surface area (TPSA) is 117 Å². The summed E-state index contributed by atoms with van der Waals surface area (Å²) in [7, 11) is -0.524. The number of aromatic carboxylic acids is 1. The van der Waals surface area contributed by atoms with E-state index < -0.39 is 16.2 Å². The average molecular weight is 377 g/mol. The fraction of sp³-hybridized carbons (Fsp3) is 0.375. The number of pyridine rings is 1. The SMILES string of the molecule is CN(C)S(=O)(=O)N1CCC[C@H]1c1cnc(-c2cncc(C(=O)O)c2)cn1. The van der Waals surface area contributed by atoms with Crippen LogP contribution in [0.25, 0.3) is 11.3 Å². The molecule has 0 radical (unpaired) electrons. The maximum atomic E-state index is 12.4. The highest BCUT2D eigenvalue weighted by atomic mass is 32.2. The molecule has 1 N–H and O–H groups in total. The van der Waals surface area contributed by atoms with Gasteiger partial charge in [0.25, 0.3) is 10.2 Å². The Kier molecular flexibility index (Phi) is 4.99. The van der Waals surface area contributed by atoms with Crippen molar-refractivity contribution in [3.8, 4) is 11.3 Å². The van der Waals surface area contributed by atoms with Crippen LogP contribution in [-0.2, 0) is 10.2 Å². The molecule has 1 aliphatic rings. The molecule has 10 heteroatoms. The molecule has 3 rings (SSSR count). The van der Waals surface area contributed by atoms with Crippen LogP contribution in [0, 0.1) is 0 Å². The monoisotopic (exact) mass is 377 g/mol. The maximum absolute atomic E-state index is 12.4. The minimum atomic E-state index is -3.53. The number of carbonyl (C=O) groups is 1. The van der Waals surface area contributed by atoms with Crippen LogP contribution >= 0.6 is 0 Å². The molecule has 2 aromatic heterocycles. The largest absolute Gasteiger partial charge is 0.478 e. The molecular weight excluding hydrogens is 358 g/mol. The highest BCUT2D eigenvalue weighted by Gasteiger charge is 2.37. The first-order chi connectivity index (χ1) is 12.3. The predicted octanol–water partition coefficient (Wildman–Crippen LogP) is 1.18. The van der Waals surface area contributed by atoms with Gasteiger partial charge in [0.1, 0.15) is 0 Å². The third-order valence-corrected chi connectivity index (χ3v) is 6.21. The number of nitrogens with zero attached hydrogens (tertiary/aromatic N) is 5. The number of aromatic nitrogens is 3. The van der Waals surface area contributed by atoms with E-state index in [9.17, 15) is 13.2 Å². The highest BCUT2D eigenvalue weighted by Crippen LogP contribution is 2.33. The van der Waals surface area contributed by atoms with Gasteiger partial charge in [-0.05, 0) is 18.9 Å². The summed E-state index contributed by atoms with van der Waals surface area (Å²) in [4.78, 5) is 23.7. The molecule has 0 saturated carbocycles. The number of carboxylic acid groups (broad SMARTS) is 1. The average Bonchev–Trinajstić information content (AvgIpc) is 3.12. The van der Waals surface area contributed by atoms with E-state index in [1.807, 2.05) is 0 Å². The zero-order valence-corrected chi connectivity index (χ0v) is 15.2. The highest BCUT2D eigenvalue weighted by molar-refractivity contribution is 7.86. The van der Waals surface area contributed by atoms with Gasteiger partial charge in [0.2, 0.25) is 0 Å². The second-order valence-corrected chi connectivity index (χ2v) is 8.25. The third-order valence-electron chi connectivity index (χ3n) is 4.26. The molecule has 26 heavy (non-hydrogen) atoms. The molecule has 1 atom stereocenters. The Morgan fingerprint density at radius 2 is 2.00 bits per heavy atom. The van der Waals surface area contributed by atoms with Crippen LogP contribution in [0.15, 0.2) is 30.9 Å². The van der Waals surface area contributed by atoms with Gasteiger partial charge in [0, 0.05) is 38.6 Å². The molecule has 9 nitrogen and oxygen atoms in total. The molecule has 0 amide bonds. The van der Waals surface area contributed by atoms with E-state index in [4.69, 9.17) is 5.11 Å². The molecule has 0 bridgehead atoms. The summed E-state index contributed by atoms with van der Waals surface area (Å²) in [6.07, 6.45) is 7.25. The molecule has 0 aliphatic carbocycles. The fourth-order valence-corrected chi connectivity index (χ4v) is 4.19. The van der Waals surface area contributed by atoms with E-state index in [1.165, 1.54) is 53.6 Å². The quantitative estimate of drug-likeness (QED) is 0.831. The number of hydrogen-bond acceptors (Lipinski definition) is 6. The lowest BCUT2D eigenvalue weighted by molar-refractivity contribution is 0.0696. The van der Waals surface area contributed by atoms with E-state index in [-0.39, 0.29) is 11.6 Å². The van der Waals surface area contributed by atoms with Crippen LogP contribution in [-0.4, -0.2) is 63.7 Å². The Hall–Kier alpha value is -2.43. The first-order valence-corrected chi connectivity index (χ1v) is 9.40. The van der Waals surface area contributed by atoms with Crippen molar-refractivity contribution in [2.75, 3.05) is 20.6 Å². The molecule has 0 unspecified atom stereocenters. The van der Waals surface area contributed by atoms with Crippen molar-refractivity contribution in [2.45, 2.75) is 18.9 Å². The van der Waals surface area contributed by atoms with Crippen LogP contribution < -0.4 is 0 Å². The predicted molar refractivity (Wildman–Crippen MR) is 93.5 cm³/mol. The molecule has 0 spiro atoms. The van der Waals surface area contributed by atoms with E-state index in [0.717, 1.165) is 6.42 Å². The van der Waals surface area contributed by atoms with Crippen molar-refractivity contribution >= 4 is 16.2 Å². The molecule has 2 aromatic rings. The fourth-order valence-electron chi connectivity index (χ4n) is 2.88. The van der Waals surface area contributed by atoms with E-state index in [2.05, 4.69) is 15.0 Å². The summed E-state index contributed by atoms with van der Waals surface area (Å²) >= 11 is 0. The van der Waals surface area contributed by atoms with Crippen molar-refractivity contribution in [1.82, 2.24) is 23.6 Å². The maximum Gasteiger partial charge on any atom is 0.337 e. The molecule has 1 saturated heterocycles. The number of rotatable bonds is 5. The third kappa shape index (κ3) is 3.43. The normalized spacial score (nSPS) is 18.3. The van der Waals surface area contributed by atoms with Crippen LogP contribution in [0.2, 0.25) is 0 Å². The van der Waals surface area contributed by atoms with Crippen molar-refractivity contribution < 1.29 is 18.3 Å². The molecular formula is C16H19N5O4S. The van der Waals surface area contributed by atoms with Gasteiger partial charge < -0.3 is 5.11 Å². The van der Waals surface area contributed by atoms with Crippen molar-refractivity contribution in [2.24, 2.45) is 0 Å². The van der Waals surface area contributed by atoms with Gasteiger partial charge in [-0.3, -0.25) is 15.0 Å². The van der Waals surface area contributed by atoms with Crippen LogP contribution in [0.1, 0.15) is 34.9 Å². The summed E-state index contributed by atoms with van der Waals surface area (Å²) in [5.74, 6) is -1.07. The molecule has 0 aromatic carbocycles. The van der Waals surface area contributed by atoms with Crippen LogP contribution in [0.5, 0.6) is 0 Å². The Balaban J connectivity index is 1.88. The van der Waals surface area contributed by atoms with Gasteiger partial charge in [0.15, 0.2) is 0 Å². The molecule has 3 heterocycles. The Morgan fingerprint density at radius 1 is 1.23 bits per heavy atom. The smallest absolute Gasteiger partial charge is 0.337 e. The lowest BCUT2D eigenvalue weighted by Gasteiger charge is -2.26. The first kappa shape index (κ1) is 18.4. The zero-order chi connectivity index (χ0) is 18.9. The number of carboxylic acids is 1. The summed E-state index contributed by atoms with van der Waals surface area (Å²) in [5, 5.41) is 9.05. The van der Waals surface area contributed by atoms with Gasteiger partial charge in [-0.25, -0.2) is 4.79 Å². The summed E-state index contributed by atoms with van der Waals surface area (Å²) in [6, 6.07) is 1.12. The van der Waals surface area contributed by atoms with E-state index in [1.54, 1.807) is 0 Å². The lowest BCUT2D eigenvalue weighted by Crippen LogP contribution is -2.39. The molecule has 138 valence electrons. The minimum absolute atomic E-state index is 0.0624. The Morgan fingerprint density at radius 3 is 2.62 bits per heavy atom. The zero-order valence-electron chi connectivity index (χ0n) is 14.4. The van der Waals surface area contributed by atoms with E-state index >= 15 is 0 Å². The summed E-state index contributed by atoms with van der Waals surface area (Å²) < 4.78 is 27.5. The summed E-state index contributed by atoms with van der Waals surface area (Å²) in [6.45, 7) is 0.444.